The van der Waals surface area contributed by atoms with Crippen LogP contribution in [0.5, 0.6) is 0 Å². The Hall–Kier alpha value is -1.92. The molecule has 0 aromatic carbocycles. The van der Waals surface area contributed by atoms with Crippen LogP contribution in [0.25, 0.3) is 0 Å². The average Bonchev–Trinajstić information content (AvgIpc) is 3.03. The summed E-state index contributed by atoms with van der Waals surface area (Å²) in [7, 11) is 5.96. The number of ketones is 1. The van der Waals surface area contributed by atoms with Crippen molar-refractivity contribution in [3.05, 3.63) is 34.6 Å². The quantitative estimate of drug-likeness (QED) is 0.483. The van der Waals surface area contributed by atoms with Crippen molar-refractivity contribution in [2.24, 2.45) is 22.7 Å². The fourth-order valence-corrected chi connectivity index (χ4v) is 7.32. The minimum atomic E-state index is -1.46. The van der Waals surface area contributed by atoms with Crippen molar-refractivity contribution in [3.8, 4) is 0 Å². The molecule has 0 amide bonds. The predicted octanol–water partition coefficient (Wildman–Crippen LogP) is 3.80. The molecule has 0 bridgehead atoms. The second-order valence-corrected chi connectivity index (χ2v) is 11.2. The van der Waals surface area contributed by atoms with E-state index in [0.29, 0.717) is 18.8 Å². The van der Waals surface area contributed by atoms with Crippen LogP contribution in [-0.4, -0.2) is 61.7 Å². The summed E-state index contributed by atoms with van der Waals surface area (Å²) in [5, 5.41) is 11.7. The van der Waals surface area contributed by atoms with E-state index in [1.807, 2.05) is 0 Å². The molecule has 5 atom stereocenters. The molecule has 6 heteroatoms. The van der Waals surface area contributed by atoms with Crippen LogP contribution in [0.15, 0.2) is 34.6 Å². The number of allylic oxidation sites excluding steroid dienone is 5. The largest absolute Gasteiger partial charge is 0.501 e. The van der Waals surface area contributed by atoms with Gasteiger partial charge in [0, 0.05) is 30.7 Å². The van der Waals surface area contributed by atoms with E-state index in [2.05, 4.69) is 45.0 Å². The van der Waals surface area contributed by atoms with Crippen molar-refractivity contribution in [1.82, 2.24) is 4.90 Å². The van der Waals surface area contributed by atoms with Gasteiger partial charge in [-0.1, -0.05) is 31.1 Å². The lowest BCUT2D eigenvalue weighted by Gasteiger charge is -2.54. The number of rotatable bonds is 6. The van der Waals surface area contributed by atoms with Gasteiger partial charge < -0.3 is 19.5 Å². The maximum atomic E-state index is 13.1. The number of aliphatic hydroxyl groups is 1. The van der Waals surface area contributed by atoms with Crippen LogP contribution in [0.3, 0.4) is 0 Å². The van der Waals surface area contributed by atoms with Crippen LogP contribution in [0, 0.1) is 22.7 Å². The van der Waals surface area contributed by atoms with Crippen LogP contribution >= 0.6 is 0 Å². The Morgan fingerprint density at radius 1 is 1.24 bits per heavy atom. The van der Waals surface area contributed by atoms with E-state index < -0.39 is 17.0 Å². The normalized spacial score (nSPS) is 37.6. The van der Waals surface area contributed by atoms with Crippen LogP contribution < -0.4 is 0 Å². The van der Waals surface area contributed by atoms with Crippen LogP contribution in [0.1, 0.15) is 59.3 Å². The van der Waals surface area contributed by atoms with Gasteiger partial charge in [-0.25, -0.2) is 0 Å². The summed E-state index contributed by atoms with van der Waals surface area (Å²) in [6.07, 6.45) is 9.37. The standard InChI is InChI=1S/C27H39NO5/c1-17(29)33-16-24(30)27(31)12-9-22-20-13-18(15-28(4)5)23-14-19(32-6)7-10-25(23,2)21(20)8-11-26(22,27)3/h8,14,20,22,31H,7,9-13,15-16H2,1-6H3/t20-,22+,25-,26+,27+/m1/s1. The van der Waals surface area contributed by atoms with Crippen molar-refractivity contribution in [2.75, 3.05) is 34.4 Å². The Labute approximate surface area is 197 Å². The fourth-order valence-electron chi connectivity index (χ4n) is 7.32. The molecule has 1 fully saturated rings. The molecule has 4 rings (SSSR count). The molecule has 4 aliphatic rings. The topological polar surface area (TPSA) is 76.1 Å². The van der Waals surface area contributed by atoms with E-state index >= 15 is 0 Å². The summed E-state index contributed by atoms with van der Waals surface area (Å²) in [5.41, 5.74) is 2.25. The number of nitrogens with zero attached hydrogens (tertiary/aromatic N) is 1. The lowest BCUT2D eigenvalue weighted by molar-refractivity contribution is -0.162. The Bertz CT molecular complexity index is 946. The van der Waals surface area contributed by atoms with E-state index in [1.54, 1.807) is 7.11 Å². The molecule has 0 aliphatic heterocycles. The smallest absolute Gasteiger partial charge is 0.303 e. The Kier molecular flexibility index (Phi) is 6.15. The molecule has 0 saturated heterocycles. The molecular weight excluding hydrogens is 418 g/mol. The van der Waals surface area contributed by atoms with E-state index in [4.69, 9.17) is 9.47 Å². The second-order valence-electron chi connectivity index (χ2n) is 11.2. The molecule has 1 N–H and O–H groups in total. The first-order valence-electron chi connectivity index (χ1n) is 12.2. The first kappa shape index (κ1) is 24.2. The lowest BCUT2D eigenvalue weighted by Crippen LogP contribution is -2.55. The number of likely N-dealkylation sites (N-methyl/N-ethyl adjacent to an activating group) is 1. The highest BCUT2D eigenvalue weighted by atomic mass is 16.5. The van der Waals surface area contributed by atoms with E-state index in [0.717, 1.165) is 38.0 Å². The molecular formula is C27H39NO5. The molecule has 0 spiro atoms. The highest BCUT2D eigenvalue weighted by molar-refractivity contribution is 5.91. The molecule has 1 saturated carbocycles. The summed E-state index contributed by atoms with van der Waals surface area (Å²) >= 11 is 0. The van der Waals surface area contributed by atoms with Gasteiger partial charge in [-0.05, 0) is 69.7 Å². The van der Waals surface area contributed by atoms with Gasteiger partial charge in [-0.3, -0.25) is 9.59 Å². The first-order chi connectivity index (χ1) is 15.5. The highest BCUT2D eigenvalue weighted by Gasteiger charge is 2.64. The Morgan fingerprint density at radius 3 is 2.61 bits per heavy atom. The maximum Gasteiger partial charge on any atom is 0.303 e. The summed E-state index contributed by atoms with van der Waals surface area (Å²) in [6.45, 7) is 6.27. The summed E-state index contributed by atoms with van der Waals surface area (Å²) < 4.78 is 10.6. The highest BCUT2D eigenvalue weighted by Crippen LogP contribution is 2.66. The number of carbonyl (C=O) groups is 2. The molecule has 0 heterocycles. The van der Waals surface area contributed by atoms with E-state index in [-0.39, 0.29) is 23.7 Å². The Morgan fingerprint density at radius 2 is 1.97 bits per heavy atom. The molecule has 182 valence electrons. The van der Waals surface area contributed by atoms with Gasteiger partial charge in [0.05, 0.1) is 12.9 Å². The van der Waals surface area contributed by atoms with Crippen molar-refractivity contribution in [1.29, 1.82) is 0 Å². The monoisotopic (exact) mass is 457 g/mol. The number of hydrogen-bond acceptors (Lipinski definition) is 6. The van der Waals surface area contributed by atoms with Gasteiger partial charge in [0.15, 0.2) is 6.61 Å². The molecule has 4 aliphatic carbocycles. The molecule has 0 aromatic heterocycles. The molecule has 0 aromatic rings. The van der Waals surface area contributed by atoms with Crippen molar-refractivity contribution < 1.29 is 24.2 Å². The lowest BCUT2D eigenvalue weighted by atomic mass is 9.50. The van der Waals surface area contributed by atoms with E-state index in [9.17, 15) is 14.7 Å². The summed E-state index contributed by atoms with van der Waals surface area (Å²) in [5.74, 6) is 0.707. The third kappa shape index (κ3) is 3.70. The second kappa shape index (κ2) is 8.38. The van der Waals surface area contributed by atoms with Gasteiger partial charge in [0.25, 0.3) is 0 Å². The number of Topliss-reactive ketones (excluding diaryl/α,β-unsaturated/α-hetero) is 1. The van der Waals surface area contributed by atoms with Gasteiger partial charge in [-0.15, -0.1) is 0 Å². The van der Waals surface area contributed by atoms with Crippen molar-refractivity contribution >= 4 is 11.8 Å². The zero-order valence-electron chi connectivity index (χ0n) is 21.0. The number of carbonyl (C=O) groups excluding carboxylic acids is 2. The maximum absolute atomic E-state index is 13.1. The summed E-state index contributed by atoms with van der Waals surface area (Å²) in [6, 6.07) is 0. The van der Waals surface area contributed by atoms with Crippen molar-refractivity contribution in [2.45, 2.75) is 64.9 Å². The Balaban J connectivity index is 1.73. The van der Waals surface area contributed by atoms with Crippen LogP contribution in [0.2, 0.25) is 0 Å². The van der Waals surface area contributed by atoms with Gasteiger partial charge >= 0.3 is 5.97 Å². The molecule has 0 radical (unpaired) electrons. The third-order valence-corrected chi connectivity index (χ3v) is 9.10. The third-order valence-electron chi connectivity index (χ3n) is 9.10. The molecule has 0 unspecified atom stereocenters. The molecule has 33 heavy (non-hydrogen) atoms. The minimum absolute atomic E-state index is 0.0416. The predicted molar refractivity (Wildman–Crippen MR) is 126 cm³/mol. The SMILES string of the molecule is COC1=CC2=C(CN(C)C)C[C@@H]3C(=CC[C@@]4(C)[C@H]3CC[C@]4(O)C(=O)COC(C)=O)[C@@]2(C)CC1. The first-order valence-corrected chi connectivity index (χ1v) is 12.2. The number of fused-ring (bicyclic) bond motifs is 5. The van der Waals surface area contributed by atoms with E-state index in [1.165, 1.54) is 23.6 Å². The zero-order valence-corrected chi connectivity index (χ0v) is 21.0. The molecule has 6 nitrogen and oxygen atoms in total. The van der Waals surface area contributed by atoms with Gasteiger partial charge in [0.1, 0.15) is 5.60 Å². The number of esters is 1. The van der Waals surface area contributed by atoms with Crippen LogP contribution in [0.4, 0.5) is 0 Å². The van der Waals surface area contributed by atoms with Crippen molar-refractivity contribution in [3.63, 3.8) is 0 Å². The van der Waals surface area contributed by atoms with Gasteiger partial charge in [-0.2, -0.15) is 0 Å². The number of hydrogen-bond donors (Lipinski definition) is 1. The summed E-state index contributed by atoms with van der Waals surface area (Å²) in [4.78, 5) is 26.6. The fraction of sp³-hybridized carbons (Fsp3) is 0.704. The average molecular weight is 458 g/mol. The van der Waals surface area contributed by atoms with Crippen LogP contribution in [-0.2, 0) is 19.1 Å². The van der Waals surface area contributed by atoms with Gasteiger partial charge in [0.2, 0.25) is 5.78 Å². The number of ether oxygens (including phenoxy) is 2. The zero-order chi connectivity index (χ0) is 24.2. The minimum Gasteiger partial charge on any atom is -0.501 e. The number of methoxy groups -OCH3 is 1.